The summed E-state index contributed by atoms with van der Waals surface area (Å²) < 4.78 is 34.7. The number of nitrogens with zero attached hydrogens (tertiary/aromatic N) is 4. The average Bonchev–Trinajstić information content (AvgIpc) is 3.02. The quantitative estimate of drug-likeness (QED) is 0.711. The number of amidine groups is 2. The van der Waals surface area contributed by atoms with Crippen LogP contribution in [-0.4, -0.2) is 70.4 Å². The molecular weight excluding hydrogens is 350 g/mol. The maximum Gasteiger partial charge on any atom is 0.345 e. The topological polar surface area (TPSA) is 90.5 Å². The van der Waals surface area contributed by atoms with E-state index in [-0.39, 0.29) is 0 Å². The Kier molecular flexibility index (Phi) is 6.30. The van der Waals surface area contributed by atoms with Crippen molar-refractivity contribution in [1.29, 1.82) is 0 Å². The molecule has 1 aromatic rings. The highest BCUT2D eigenvalue weighted by molar-refractivity contribution is 7.98. The third-order valence-corrected chi connectivity index (χ3v) is 4.83. The second-order valence-corrected chi connectivity index (χ2v) is 8.22. The highest BCUT2D eigenvalue weighted by Gasteiger charge is 2.27. The van der Waals surface area contributed by atoms with E-state index in [0.717, 1.165) is 29.6 Å². The molecule has 8 nitrogen and oxygen atoms in total. The van der Waals surface area contributed by atoms with Crippen molar-refractivity contribution in [3.8, 4) is 0 Å². The summed E-state index contributed by atoms with van der Waals surface area (Å²) >= 11 is 1.69. The second-order valence-electron chi connectivity index (χ2n) is 5.78. The van der Waals surface area contributed by atoms with Gasteiger partial charge in [-0.25, -0.2) is 4.72 Å². The second kappa shape index (κ2) is 8.04. The van der Waals surface area contributed by atoms with Gasteiger partial charge in [0.15, 0.2) is 11.7 Å². The van der Waals surface area contributed by atoms with Crippen LogP contribution in [0.2, 0.25) is 0 Å². The molecule has 0 spiro atoms. The van der Waals surface area contributed by atoms with E-state index in [2.05, 4.69) is 19.0 Å². The molecule has 0 fully saturated rings. The number of rotatable bonds is 7. The van der Waals surface area contributed by atoms with Crippen molar-refractivity contribution in [1.82, 2.24) is 14.5 Å². The molecule has 24 heavy (non-hydrogen) atoms. The molecule has 0 unspecified atom stereocenters. The smallest absolute Gasteiger partial charge is 0.345 e. The van der Waals surface area contributed by atoms with Gasteiger partial charge in [-0.05, 0) is 26.2 Å². The molecule has 0 saturated carbocycles. The van der Waals surface area contributed by atoms with E-state index in [0.29, 0.717) is 18.2 Å². The summed E-state index contributed by atoms with van der Waals surface area (Å²) in [6.07, 6.45) is 0. The maximum absolute atomic E-state index is 11.5. The lowest BCUT2D eigenvalue weighted by atomic mass is 10.4. The fourth-order valence-corrected chi connectivity index (χ4v) is 3.68. The summed E-state index contributed by atoms with van der Waals surface area (Å²) in [4.78, 5) is 7.97. The van der Waals surface area contributed by atoms with Crippen LogP contribution in [0.4, 0.5) is 0 Å². The molecule has 0 bridgehead atoms. The molecule has 0 radical (unpaired) electrons. The summed E-state index contributed by atoms with van der Waals surface area (Å²) in [7, 11) is 3.81. The molecule has 1 N–H and O–H groups in total. The monoisotopic (exact) mass is 373 g/mol. The van der Waals surface area contributed by atoms with Gasteiger partial charge in [-0.1, -0.05) is 0 Å². The Hall–Kier alpha value is -1.52. The van der Waals surface area contributed by atoms with Crippen LogP contribution < -0.4 is 4.72 Å². The van der Waals surface area contributed by atoms with Crippen LogP contribution in [0.5, 0.6) is 0 Å². The predicted molar refractivity (Wildman–Crippen MR) is 97.7 cm³/mol. The molecule has 0 amide bonds. The van der Waals surface area contributed by atoms with E-state index < -0.39 is 10.2 Å². The summed E-state index contributed by atoms with van der Waals surface area (Å²) in [6, 6.07) is 3.98. The summed E-state index contributed by atoms with van der Waals surface area (Å²) in [5.41, 5.74) is 0. The van der Waals surface area contributed by atoms with E-state index >= 15 is 0 Å². The van der Waals surface area contributed by atoms with Gasteiger partial charge in [-0.15, -0.1) is 4.40 Å². The summed E-state index contributed by atoms with van der Waals surface area (Å²) in [5.74, 6) is 4.03. The Morgan fingerprint density at radius 1 is 1.25 bits per heavy atom. The molecule has 10 heteroatoms. The number of hydrogen-bond donors (Lipinski definition) is 1. The molecule has 0 atom stereocenters. The summed E-state index contributed by atoms with van der Waals surface area (Å²) in [6.45, 7) is 1.28. The number of aliphatic imine (C=N–C) groups is 1. The van der Waals surface area contributed by atoms with Gasteiger partial charge in [0.25, 0.3) is 0 Å². The number of nitrogens with one attached hydrogen (secondary N) is 1. The third-order valence-electron chi connectivity index (χ3n) is 3.01. The van der Waals surface area contributed by atoms with Crippen LogP contribution in [0.1, 0.15) is 11.5 Å². The van der Waals surface area contributed by atoms with Crippen molar-refractivity contribution in [3.63, 3.8) is 0 Å². The van der Waals surface area contributed by atoms with Gasteiger partial charge in [-0.3, -0.25) is 4.99 Å². The highest BCUT2D eigenvalue weighted by atomic mass is 32.2. The Morgan fingerprint density at radius 2 is 1.96 bits per heavy atom. The Morgan fingerprint density at radius 3 is 2.62 bits per heavy atom. The third kappa shape index (κ3) is 5.53. The molecule has 0 saturated heterocycles. The van der Waals surface area contributed by atoms with E-state index in [1.165, 1.54) is 0 Å². The first kappa shape index (κ1) is 18.8. The van der Waals surface area contributed by atoms with Crippen LogP contribution >= 0.6 is 11.8 Å². The van der Waals surface area contributed by atoms with Crippen molar-refractivity contribution >= 4 is 33.6 Å². The largest absolute Gasteiger partial charge is 0.464 e. The van der Waals surface area contributed by atoms with E-state index in [1.54, 1.807) is 30.8 Å². The lowest BCUT2D eigenvalue weighted by molar-refractivity contribution is 0.344. The molecule has 1 aromatic heterocycles. The van der Waals surface area contributed by atoms with E-state index in [4.69, 9.17) is 4.42 Å². The van der Waals surface area contributed by atoms with Gasteiger partial charge in [0.1, 0.15) is 11.5 Å². The first-order valence-electron chi connectivity index (χ1n) is 7.42. The van der Waals surface area contributed by atoms with Crippen molar-refractivity contribution < 1.29 is 12.8 Å². The molecule has 1 aliphatic rings. The van der Waals surface area contributed by atoms with Gasteiger partial charge in [0.05, 0.1) is 18.8 Å². The lowest BCUT2D eigenvalue weighted by Gasteiger charge is -2.10. The minimum atomic E-state index is -3.64. The maximum atomic E-state index is 11.5. The van der Waals surface area contributed by atoms with Crippen LogP contribution in [-0.2, 0) is 22.5 Å². The fraction of sp³-hybridized carbons (Fsp3) is 0.571. The lowest BCUT2D eigenvalue weighted by Crippen LogP contribution is -2.34. The van der Waals surface area contributed by atoms with Gasteiger partial charge >= 0.3 is 10.2 Å². The van der Waals surface area contributed by atoms with Crippen LogP contribution in [0, 0.1) is 0 Å². The zero-order valence-electron chi connectivity index (χ0n) is 14.3. The molecule has 0 aromatic carbocycles. The minimum Gasteiger partial charge on any atom is -0.464 e. The molecule has 2 heterocycles. The Bertz CT molecular complexity index is 723. The van der Waals surface area contributed by atoms with Crippen molar-refractivity contribution in [3.05, 3.63) is 23.7 Å². The van der Waals surface area contributed by atoms with Crippen LogP contribution in [0.3, 0.4) is 0 Å². The van der Waals surface area contributed by atoms with Gasteiger partial charge in [0.2, 0.25) is 0 Å². The van der Waals surface area contributed by atoms with E-state index in [1.807, 2.05) is 26.2 Å². The van der Waals surface area contributed by atoms with Crippen molar-refractivity contribution in [2.75, 3.05) is 40.5 Å². The SMILES string of the molecule is CN(C)Cc1ccc(CSCCN=C2NS(=O)(=O)N=C2N(C)C)o1. The fourth-order valence-electron chi connectivity index (χ4n) is 2.04. The molecule has 1 aliphatic heterocycles. The summed E-state index contributed by atoms with van der Waals surface area (Å²) in [5, 5.41) is 0. The number of furan rings is 1. The number of thioether (sulfide) groups is 1. The zero-order chi connectivity index (χ0) is 17.7. The van der Waals surface area contributed by atoms with Crippen molar-refractivity contribution in [2.45, 2.75) is 12.3 Å². The normalized spacial score (nSPS) is 18.0. The minimum absolute atomic E-state index is 0.298. The van der Waals surface area contributed by atoms with Crippen LogP contribution in [0.25, 0.3) is 0 Å². The van der Waals surface area contributed by atoms with Crippen molar-refractivity contribution in [2.24, 2.45) is 9.39 Å². The standard InChI is InChI=1S/C14H23N5O3S2/c1-18(2)9-11-5-6-12(22-11)10-23-8-7-15-13-14(19(3)4)17-24(20,21)16-13/h5-6H,7-10H2,1-4H3,(H,15,16). The molecule has 134 valence electrons. The van der Waals surface area contributed by atoms with Crippen LogP contribution in [0.15, 0.2) is 25.9 Å². The highest BCUT2D eigenvalue weighted by Crippen LogP contribution is 2.16. The Labute approximate surface area is 147 Å². The van der Waals surface area contributed by atoms with Gasteiger partial charge < -0.3 is 14.2 Å². The Balaban J connectivity index is 1.79. The van der Waals surface area contributed by atoms with Gasteiger partial charge in [0, 0.05) is 19.8 Å². The number of likely N-dealkylation sites (N-methyl/N-ethyl adjacent to an activating group) is 1. The zero-order valence-corrected chi connectivity index (χ0v) is 15.9. The van der Waals surface area contributed by atoms with Gasteiger partial charge in [-0.2, -0.15) is 20.2 Å². The molecular formula is C14H23N5O3S2. The molecule has 0 aliphatic carbocycles. The van der Waals surface area contributed by atoms with E-state index in [9.17, 15) is 8.42 Å². The molecule has 2 rings (SSSR count). The first-order valence-corrected chi connectivity index (χ1v) is 10.0. The average molecular weight is 374 g/mol. The number of hydrogen-bond acceptors (Lipinski definition) is 7. The predicted octanol–water partition coefficient (Wildman–Crippen LogP) is 0.781. The first-order chi connectivity index (χ1) is 11.3.